The van der Waals surface area contributed by atoms with Crippen LogP contribution in [0.5, 0.6) is 0 Å². The molecule has 0 heterocycles. The van der Waals surface area contributed by atoms with Gasteiger partial charge in [0.25, 0.3) is 0 Å². The van der Waals surface area contributed by atoms with Gasteiger partial charge in [-0.1, -0.05) is 13.0 Å². The van der Waals surface area contributed by atoms with E-state index in [1.165, 1.54) is 12.1 Å². The Hall–Kier alpha value is -1.38. The highest BCUT2D eigenvalue weighted by Crippen LogP contribution is 2.08. The predicted octanol–water partition coefficient (Wildman–Crippen LogP) is 2.17. The van der Waals surface area contributed by atoms with Gasteiger partial charge in [-0.05, 0) is 18.2 Å². The van der Waals surface area contributed by atoms with Gasteiger partial charge in [-0.25, -0.2) is 4.39 Å². The Morgan fingerprint density at radius 2 is 2.33 bits per heavy atom. The van der Waals surface area contributed by atoms with Crippen LogP contribution in [-0.2, 0) is 4.79 Å². The van der Waals surface area contributed by atoms with Gasteiger partial charge in [-0.3, -0.25) is 4.79 Å². The lowest BCUT2D eigenvalue weighted by molar-refractivity contribution is -0.115. The molecule has 2 nitrogen and oxygen atoms in total. The highest BCUT2D eigenvalue weighted by Gasteiger charge is 1.98. The van der Waals surface area contributed by atoms with Gasteiger partial charge in [0.15, 0.2) is 0 Å². The minimum absolute atomic E-state index is 0.111. The van der Waals surface area contributed by atoms with Crippen molar-refractivity contribution in [3.05, 3.63) is 30.1 Å². The maximum atomic E-state index is 12.6. The average molecular weight is 167 g/mol. The number of halogens is 1. The maximum Gasteiger partial charge on any atom is 0.224 e. The van der Waals surface area contributed by atoms with Crippen molar-refractivity contribution in [2.45, 2.75) is 13.3 Å². The first-order valence-electron chi connectivity index (χ1n) is 3.78. The van der Waals surface area contributed by atoms with E-state index in [1.54, 1.807) is 19.1 Å². The van der Waals surface area contributed by atoms with E-state index >= 15 is 0 Å². The van der Waals surface area contributed by atoms with Crippen LogP contribution in [0.25, 0.3) is 0 Å². The predicted molar refractivity (Wildman–Crippen MR) is 45.3 cm³/mol. The van der Waals surface area contributed by atoms with Crippen molar-refractivity contribution in [1.82, 2.24) is 0 Å². The Morgan fingerprint density at radius 1 is 1.58 bits per heavy atom. The third-order valence-corrected chi connectivity index (χ3v) is 1.43. The fraction of sp³-hybridized carbons (Fsp3) is 0.222. The van der Waals surface area contributed by atoms with Gasteiger partial charge in [-0.2, -0.15) is 0 Å². The summed E-state index contributed by atoms with van der Waals surface area (Å²) >= 11 is 0. The summed E-state index contributed by atoms with van der Waals surface area (Å²) in [5.74, 6) is -0.454. The topological polar surface area (TPSA) is 29.1 Å². The Bertz CT molecular complexity index is 286. The molecule has 0 unspecified atom stereocenters. The van der Waals surface area contributed by atoms with Crippen molar-refractivity contribution < 1.29 is 9.18 Å². The third kappa shape index (κ3) is 2.34. The molecular weight excluding hydrogens is 157 g/mol. The molecule has 0 fully saturated rings. The van der Waals surface area contributed by atoms with Gasteiger partial charge in [0, 0.05) is 12.1 Å². The van der Waals surface area contributed by atoms with Crippen molar-refractivity contribution in [1.29, 1.82) is 0 Å². The van der Waals surface area contributed by atoms with Crippen LogP contribution in [0.15, 0.2) is 24.3 Å². The summed E-state index contributed by atoms with van der Waals surface area (Å²) in [4.78, 5) is 10.9. The summed E-state index contributed by atoms with van der Waals surface area (Å²) in [5.41, 5.74) is 0.502. The number of anilines is 1. The number of carbonyl (C=O) groups excluding carboxylic acids is 1. The average Bonchev–Trinajstić information content (AvgIpc) is 2.04. The van der Waals surface area contributed by atoms with Crippen LogP contribution in [0.3, 0.4) is 0 Å². The molecule has 1 aromatic carbocycles. The summed E-state index contributed by atoms with van der Waals surface area (Å²) in [7, 11) is 0. The lowest BCUT2D eigenvalue weighted by atomic mass is 10.3. The number of hydrogen-bond donors (Lipinski definition) is 1. The molecule has 12 heavy (non-hydrogen) atoms. The summed E-state index contributed by atoms with van der Waals surface area (Å²) < 4.78 is 12.6. The molecule has 1 aromatic rings. The fourth-order valence-electron chi connectivity index (χ4n) is 0.816. The molecule has 0 aliphatic heterocycles. The van der Waals surface area contributed by atoms with Crippen LogP contribution in [0.2, 0.25) is 0 Å². The standard InChI is InChI=1S/C9H10FNO/c1-2-9(12)11-8-5-3-4-7(10)6-8/h3-6H,2H2,1H3,(H,11,12). The second-order valence-corrected chi connectivity index (χ2v) is 2.41. The molecule has 0 aliphatic carbocycles. The van der Waals surface area contributed by atoms with Crippen molar-refractivity contribution in [3.8, 4) is 0 Å². The van der Waals surface area contributed by atoms with E-state index < -0.39 is 0 Å². The normalized spacial score (nSPS) is 9.50. The zero-order valence-corrected chi connectivity index (χ0v) is 6.80. The Kier molecular flexibility index (Phi) is 2.80. The van der Waals surface area contributed by atoms with E-state index in [9.17, 15) is 9.18 Å². The lowest BCUT2D eigenvalue weighted by Crippen LogP contribution is -2.09. The quantitative estimate of drug-likeness (QED) is 0.718. The summed E-state index contributed by atoms with van der Waals surface area (Å²) in [6, 6.07) is 5.83. The van der Waals surface area contributed by atoms with Gasteiger partial charge in [0.05, 0.1) is 0 Å². The highest BCUT2D eigenvalue weighted by molar-refractivity contribution is 5.90. The number of hydrogen-bond acceptors (Lipinski definition) is 1. The number of rotatable bonds is 2. The molecule has 0 spiro atoms. The fourth-order valence-corrected chi connectivity index (χ4v) is 0.816. The van der Waals surface area contributed by atoms with Crippen LogP contribution in [0.4, 0.5) is 10.1 Å². The Balaban J connectivity index is 2.69. The van der Waals surface area contributed by atoms with Crippen LogP contribution >= 0.6 is 0 Å². The number of carbonyl (C=O) groups is 1. The number of benzene rings is 1. The van der Waals surface area contributed by atoms with Gasteiger partial charge in [-0.15, -0.1) is 0 Å². The molecule has 0 bridgehead atoms. The molecule has 0 atom stereocenters. The van der Waals surface area contributed by atoms with E-state index in [4.69, 9.17) is 0 Å². The molecule has 1 amide bonds. The minimum atomic E-state index is -0.344. The zero-order chi connectivity index (χ0) is 8.97. The number of amides is 1. The molecule has 0 aromatic heterocycles. The van der Waals surface area contributed by atoms with Crippen LogP contribution in [0, 0.1) is 5.82 Å². The van der Waals surface area contributed by atoms with Crippen LogP contribution in [-0.4, -0.2) is 5.91 Å². The summed E-state index contributed by atoms with van der Waals surface area (Å²) in [6.07, 6.45) is 0.399. The molecule has 0 radical (unpaired) electrons. The lowest BCUT2D eigenvalue weighted by Gasteiger charge is -2.01. The van der Waals surface area contributed by atoms with Gasteiger partial charge >= 0.3 is 0 Å². The second kappa shape index (κ2) is 3.85. The highest BCUT2D eigenvalue weighted by atomic mass is 19.1. The molecule has 0 aliphatic rings. The first-order chi connectivity index (χ1) is 5.72. The smallest absolute Gasteiger partial charge is 0.224 e. The van der Waals surface area contributed by atoms with Crippen molar-refractivity contribution in [2.24, 2.45) is 0 Å². The zero-order valence-electron chi connectivity index (χ0n) is 6.80. The summed E-state index contributed by atoms with van der Waals surface area (Å²) in [6.45, 7) is 1.74. The van der Waals surface area contributed by atoms with Gasteiger partial charge < -0.3 is 5.32 Å². The monoisotopic (exact) mass is 167 g/mol. The molecular formula is C9H10FNO. The third-order valence-electron chi connectivity index (χ3n) is 1.43. The minimum Gasteiger partial charge on any atom is -0.326 e. The Morgan fingerprint density at radius 3 is 2.92 bits per heavy atom. The van der Waals surface area contributed by atoms with E-state index in [1.807, 2.05) is 0 Å². The largest absolute Gasteiger partial charge is 0.326 e. The van der Waals surface area contributed by atoms with Gasteiger partial charge in [0.1, 0.15) is 5.82 Å². The van der Waals surface area contributed by atoms with E-state index in [0.717, 1.165) is 0 Å². The van der Waals surface area contributed by atoms with Gasteiger partial charge in [0.2, 0.25) is 5.91 Å². The first-order valence-corrected chi connectivity index (χ1v) is 3.78. The van der Waals surface area contributed by atoms with E-state index in [-0.39, 0.29) is 11.7 Å². The molecule has 1 N–H and O–H groups in total. The first kappa shape index (κ1) is 8.71. The van der Waals surface area contributed by atoms with Crippen molar-refractivity contribution in [3.63, 3.8) is 0 Å². The second-order valence-electron chi connectivity index (χ2n) is 2.41. The molecule has 0 saturated carbocycles. The molecule has 3 heteroatoms. The molecule has 1 rings (SSSR count). The van der Waals surface area contributed by atoms with E-state index in [2.05, 4.69) is 5.32 Å². The number of nitrogens with one attached hydrogen (secondary N) is 1. The van der Waals surface area contributed by atoms with Crippen LogP contribution in [0.1, 0.15) is 13.3 Å². The van der Waals surface area contributed by atoms with Crippen LogP contribution < -0.4 is 5.32 Å². The molecule has 64 valence electrons. The Labute approximate surface area is 70.4 Å². The maximum absolute atomic E-state index is 12.6. The molecule has 0 saturated heterocycles. The SMILES string of the molecule is CCC(=O)Nc1cccc(F)c1. The van der Waals surface area contributed by atoms with Crippen molar-refractivity contribution in [2.75, 3.05) is 5.32 Å². The summed E-state index contributed by atoms with van der Waals surface area (Å²) in [5, 5.41) is 2.55. The van der Waals surface area contributed by atoms with E-state index in [0.29, 0.717) is 12.1 Å². The van der Waals surface area contributed by atoms with Crippen molar-refractivity contribution >= 4 is 11.6 Å².